The quantitative estimate of drug-likeness (QED) is 0.726. The first kappa shape index (κ1) is 15.0. The number of ether oxygens (including phenoxy) is 1. The second-order valence-corrected chi connectivity index (χ2v) is 4.24. The van der Waals surface area contributed by atoms with Gasteiger partial charge in [-0.25, -0.2) is 0 Å². The van der Waals surface area contributed by atoms with Gasteiger partial charge in [0.2, 0.25) is 0 Å². The molecule has 0 saturated heterocycles. The maximum absolute atomic E-state index is 5.83. The van der Waals surface area contributed by atoms with Crippen LogP contribution in [-0.2, 0) is 6.54 Å². The molecule has 0 aliphatic rings. The van der Waals surface area contributed by atoms with Crippen LogP contribution in [0, 0.1) is 0 Å². The van der Waals surface area contributed by atoms with Gasteiger partial charge in [0.05, 0.1) is 12.0 Å². The molecule has 0 unspecified atom stereocenters. The molecule has 0 N–H and O–H groups in total. The highest BCUT2D eigenvalue weighted by Crippen LogP contribution is 2.22. The molecule has 2 rings (SSSR count). The molecular formula is C15H20BrNO. The Morgan fingerprint density at radius 1 is 1.06 bits per heavy atom. The summed E-state index contributed by atoms with van der Waals surface area (Å²) in [6.45, 7) is 6.14. The highest BCUT2D eigenvalue weighted by atomic mass is 79.9. The predicted octanol–water partition coefficient (Wildman–Crippen LogP) is 0.330. The van der Waals surface area contributed by atoms with Gasteiger partial charge in [-0.3, -0.25) is 0 Å². The van der Waals surface area contributed by atoms with Crippen LogP contribution in [0.3, 0.4) is 0 Å². The number of aryl methyl sites for hydroxylation is 1. The van der Waals surface area contributed by atoms with Crippen molar-refractivity contribution in [2.75, 3.05) is 6.61 Å². The minimum Gasteiger partial charge on any atom is -1.00 e. The first-order chi connectivity index (χ1) is 8.36. The van der Waals surface area contributed by atoms with Crippen molar-refractivity contribution in [1.29, 1.82) is 0 Å². The highest BCUT2D eigenvalue weighted by Gasteiger charge is 2.13. The molecule has 2 aromatic rings. The van der Waals surface area contributed by atoms with Gasteiger partial charge in [0.1, 0.15) is 6.54 Å². The summed E-state index contributed by atoms with van der Waals surface area (Å²) in [5.74, 6) is 0.999. The summed E-state index contributed by atoms with van der Waals surface area (Å²) in [4.78, 5) is 0. The van der Waals surface area contributed by atoms with Gasteiger partial charge in [-0.15, -0.1) is 0 Å². The summed E-state index contributed by atoms with van der Waals surface area (Å²) in [5, 5.41) is 1.24. The molecule has 1 heterocycles. The fraction of sp³-hybridized carbons (Fsp3) is 0.400. The van der Waals surface area contributed by atoms with E-state index in [1.165, 1.54) is 10.9 Å². The fourth-order valence-electron chi connectivity index (χ4n) is 2.06. The summed E-state index contributed by atoms with van der Waals surface area (Å²) in [6.07, 6.45) is 4.30. The zero-order valence-electron chi connectivity index (χ0n) is 11.0. The second kappa shape index (κ2) is 7.37. The minimum absolute atomic E-state index is 0. The van der Waals surface area contributed by atoms with Gasteiger partial charge in [0.25, 0.3) is 5.52 Å². The van der Waals surface area contributed by atoms with Crippen molar-refractivity contribution >= 4 is 10.9 Å². The van der Waals surface area contributed by atoms with E-state index in [9.17, 15) is 0 Å². The topological polar surface area (TPSA) is 13.1 Å². The molecule has 0 saturated carbocycles. The van der Waals surface area contributed by atoms with Crippen LogP contribution in [0.5, 0.6) is 5.75 Å². The monoisotopic (exact) mass is 309 g/mol. The Hall–Kier alpha value is -1.09. The Balaban J connectivity index is 0.00000162. The molecule has 98 valence electrons. The van der Waals surface area contributed by atoms with Gasteiger partial charge in [-0.05, 0) is 24.6 Å². The van der Waals surface area contributed by atoms with Crippen LogP contribution < -0.4 is 26.3 Å². The molecule has 0 fully saturated rings. The molecule has 0 spiro atoms. The molecule has 0 atom stereocenters. The Morgan fingerprint density at radius 2 is 1.83 bits per heavy atom. The van der Waals surface area contributed by atoms with Gasteiger partial charge >= 0.3 is 0 Å². The number of hydrogen-bond donors (Lipinski definition) is 0. The smallest absolute Gasteiger partial charge is 0.254 e. The number of aromatic nitrogens is 1. The molecule has 3 heteroatoms. The van der Waals surface area contributed by atoms with Gasteiger partial charge < -0.3 is 21.7 Å². The molecule has 1 aromatic heterocycles. The van der Waals surface area contributed by atoms with Gasteiger partial charge in [0.15, 0.2) is 11.9 Å². The van der Waals surface area contributed by atoms with E-state index in [2.05, 4.69) is 54.9 Å². The Kier molecular flexibility index (Phi) is 6.13. The van der Waals surface area contributed by atoms with Gasteiger partial charge in [-0.1, -0.05) is 19.9 Å². The zero-order valence-corrected chi connectivity index (χ0v) is 12.6. The number of halogens is 1. The van der Waals surface area contributed by atoms with Crippen molar-refractivity contribution in [2.24, 2.45) is 0 Å². The first-order valence-corrected chi connectivity index (χ1v) is 6.40. The van der Waals surface area contributed by atoms with Gasteiger partial charge in [-0.2, -0.15) is 4.57 Å². The molecule has 18 heavy (non-hydrogen) atoms. The van der Waals surface area contributed by atoms with E-state index < -0.39 is 0 Å². The Bertz CT molecular complexity index is 494. The average Bonchev–Trinajstić information content (AvgIpc) is 2.37. The normalized spacial score (nSPS) is 10.1. The minimum atomic E-state index is 0. The number of hydrogen-bond acceptors (Lipinski definition) is 1. The van der Waals surface area contributed by atoms with E-state index in [1.54, 1.807) is 0 Å². The van der Waals surface area contributed by atoms with Crippen LogP contribution in [0.15, 0.2) is 36.5 Å². The van der Waals surface area contributed by atoms with E-state index >= 15 is 0 Å². The third-order valence-electron chi connectivity index (χ3n) is 2.79. The van der Waals surface area contributed by atoms with Crippen LogP contribution in [0.4, 0.5) is 0 Å². The number of pyridine rings is 1. The van der Waals surface area contributed by atoms with E-state index in [4.69, 9.17) is 4.74 Å². The van der Waals surface area contributed by atoms with E-state index in [1.807, 2.05) is 0 Å². The average molecular weight is 310 g/mol. The van der Waals surface area contributed by atoms with Gasteiger partial charge in [0, 0.05) is 12.5 Å². The molecule has 0 aliphatic heterocycles. The van der Waals surface area contributed by atoms with Crippen molar-refractivity contribution in [1.82, 2.24) is 0 Å². The summed E-state index contributed by atoms with van der Waals surface area (Å²) >= 11 is 0. The molecule has 0 aliphatic carbocycles. The third kappa shape index (κ3) is 3.22. The second-order valence-electron chi connectivity index (χ2n) is 4.24. The SMILES string of the molecule is CCCOc1cccc2ccc[n+](CCC)c12.[Br-]. The van der Waals surface area contributed by atoms with Crippen LogP contribution in [0.25, 0.3) is 10.9 Å². The molecular weight excluding hydrogens is 290 g/mol. The number of para-hydroxylation sites is 1. The highest BCUT2D eigenvalue weighted by molar-refractivity contribution is 5.81. The molecule has 0 bridgehead atoms. The maximum atomic E-state index is 5.83. The molecule has 2 nitrogen and oxygen atoms in total. The summed E-state index contributed by atoms with van der Waals surface area (Å²) < 4.78 is 8.11. The van der Waals surface area contributed by atoms with Crippen molar-refractivity contribution < 1.29 is 26.3 Å². The number of nitrogens with zero attached hydrogens (tertiary/aromatic N) is 1. The van der Waals surface area contributed by atoms with Crippen molar-refractivity contribution in [3.05, 3.63) is 36.5 Å². The molecule has 1 aromatic carbocycles. The zero-order chi connectivity index (χ0) is 12.1. The summed E-state index contributed by atoms with van der Waals surface area (Å²) in [7, 11) is 0. The van der Waals surface area contributed by atoms with E-state index in [-0.39, 0.29) is 17.0 Å². The number of fused-ring (bicyclic) bond motifs is 1. The Morgan fingerprint density at radius 3 is 2.56 bits per heavy atom. The number of benzene rings is 1. The lowest BCUT2D eigenvalue weighted by Gasteiger charge is -2.07. The summed E-state index contributed by atoms with van der Waals surface area (Å²) in [6, 6.07) is 10.5. The molecule has 0 amide bonds. The van der Waals surface area contributed by atoms with Crippen LogP contribution in [-0.4, -0.2) is 6.61 Å². The maximum Gasteiger partial charge on any atom is 0.254 e. The van der Waals surface area contributed by atoms with Crippen molar-refractivity contribution in [2.45, 2.75) is 33.2 Å². The lowest BCUT2D eigenvalue weighted by atomic mass is 10.2. The lowest BCUT2D eigenvalue weighted by Crippen LogP contribution is -3.00. The van der Waals surface area contributed by atoms with Crippen molar-refractivity contribution in [3.63, 3.8) is 0 Å². The largest absolute Gasteiger partial charge is 1.00 e. The predicted molar refractivity (Wildman–Crippen MR) is 70.2 cm³/mol. The van der Waals surface area contributed by atoms with E-state index in [0.717, 1.165) is 31.7 Å². The summed E-state index contributed by atoms with van der Waals surface area (Å²) in [5.41, 5.74) is 1.21. The van der Waals surface area contributed by atoms with Crippen LogP contribution in [0.2, 0.25) is 0 Å². The lowest BCUT2D eigenvalue weighted by molar-refractivity contribution is -0.671. The van der Waals surface area contributed by atoms with E-state index in [0.29, 0.717) is 0 Å². The van der Waals surface area contributed by atoms with Crippen LogP contribution >= 0.6 is 0 Å². The first-order valence-electron chi connectivity index (χ1n) is 6.40. The standard InChI is InChI=1S/C15H20NO.BrH/c1-3-10-16-11-6-8-13-7-5-9-14(15(13)16)17-12-4-2;/h5-9,11H,3-4,10,12H2,1-2H3;1H/q+1;/p-1. The Labute approximate surface area is 119 Å². The van der Waals surface area contributed by atoms with Crippen LogP contribution in [0.1, 0.15) is 26.7 Å². The number of rotatable bonds is 5. The van der Waals surface area contributed by atoms with Crippen molar-refractivity contribution in [3.8, 4) is 5.75 Å². The third-order valence-corrected chi connectivity index (χ3v) is 2.79. The molecule has 0 radical (unpaired) electrons. The fourth-order valence-corrected chi connectivity index (χ4v) is 2.06.